The van der Waals surface area contributed by atoms with Gasteiger partial charge in [0.25, 0.3) is 0 Å². The first-order valence-corrected chi connectivity index (χ1v) is 5.63. The van der Waals surface area contributed by atoms with E-state index in [1.54, 1.807) is 0 Å². The SMILES string of the molecule is NCCCNCc1ccc2cnccc2c1. The van der Waals surface area contributed by atoms with Crippen LogP contribution in [0.2, 0.25) is 0 Å². The predicted molar refractivity (Wildman–Crippen MR) is 67.1 cm³/mol. The topological polar surface area (TPSA) is 50.9 Å². The summed E-state index contributed by atoms with van der Waals surface area (Å²) in [6, 6.07) is 8.49. The molecule has 0 spiro atoms. The average molecular weight is 215 g/mol. The Hall–Kier alpha value is -1.45. The molecule has 1 aromatic heterocycles. The molecule has 3 N–H and O–H groups in total. The van der Waals surface area contributed by atoms with Crippen molar-refractivity contribution in [3.05, 3.63) is 42.2 Å². The van der Waals surface area contributed by atoms with Crippen LogP contribution in [0.1, 0.15) is 12.0 Å². The summed E-state index contributed by atoms with van der Waals surface area (Å²) in [5.41, 5.74) is 6.74. The first kappa shape index (κ1) is 11.0. The summed E-state index contributed by atoms with van der Waals surface area (Å²) in [6.45, 7) is 2.62. The van der Waals surface area contributed by atoms with Crippen molar-refractivity contribution in [3.63, 3.8) is 0 Å². The van der Waals surface area contributed by atoms with Crippen LogP contribution in [0.3, 0.4) is 0 Å². The molecule has 3 heteroatoms. The number of hydrogen-bond donors (Lipinski definition) is 2. The van der Waals surface area contributed by atoms with Crippen LogP contribution in [-0.4, -0.2) is 18.1 Å². The molecule has 2 rings (SSSR count). The lowest BCUT2D eigenvalue weighted by molar-refractivity contribution is 0.656. The largest absolute Gasteiger partial charge is 0.330 e. The quantitative estimate of drug-likeness (QED) is 0.746. The van der Waals surface area contributed by atoms with E-state index in [1.807, 2.05) is 18.5 Å². The highest BCUT2D eigenvalue weighted by Gasteiger charge is 1.95. The fourth-order valence-corrected chi connectivity index (χ4v) is 1.70. The monoisotopic (exact) mass is 215 g/mol. The third-order valence-corrected chi connectivity index (χ3v) is 2.59. The molecule has 0 fully saturated rings. The number of pyridine rings is 1. The number of rotatable bonds is 5. The molecule has 84 valence electrons. The molecule has 2 aromatic rings. The van der Waals surface area contributed by atoms with E-state index in [4.69, 9.17) is 5.73 Å². The molecule has 3 nitrogen and oxygen atoms in total. The lowest BCUT2D eigenvalue weighted by Gasteiger charge is -2.05. The minimum atomic E-state index is 0.746. The Kier molecular flexibility index (Phi) is 3.86. The molecule has 16 heavy (non-hydrogen) atoms. The molecular formula is C13H17N3. The highest BCUT2D eigenvalue weighted by atomic mass is 14.8. The Morgan fingerprint density at radius 2 is 2.12 bits per heavy atom. The van der Waals surface area contributed by atoms with Gasteiger partial charge < -0.3 is 11.1 Å². The van der Waals surface area contributed by atoms with Gasteiger partial charge in [0.05, 0.1) is 0 Å². The zero-order chi connectivity index (χ0) is 11.2. The summed E-state index contributed by atoms with van der Waals surface area (Å²) in [7, 11) is 0. The van der Waals surface area contributed by atoms with E-state index in [1.165, 1.54) is 16.3 Å². The van der Waals surface area contributed by atoms with Crippen molar-refractivity contribution >= 4 is 10.8 Å². The molecule has 1 aromatic carbocycles. The second kappa shape index (κ2) is 5.58. The fourth-order valence-electron chi connectivity index (χ4n) is 1.70. The Morgan fingerprint density at radius 1 is 1.19 bits per heavy atom. The van der Waals surface area contributed by atoms with Crippen molar-refractivity contribution in [2.45, 2.75) is 13.0 Å². The minimum Gasteiger partial charge on any atom is -0.330 e. The smallest absolute Gasteiger partial charge is 0.0346 e. The third kappa shape index (κ3) is 2.78. The van der Waals surface area contributed by atoms with Crippen LogP contribution in [0.4, 0.5) is 0 Å². The van der Waals surface area contributed by atoms with E-state index in [-0.39, 0.29) is 0 Å². The number of nitrogens with one attached hydrogen (secondary N) is 1. The standard InChI is InChI=1S/C13H17N3/c14-5-1-6-15-9-11-2-3-13-10-16-7-4-12(13)8-11/h2-4,7-8,10,15H,1,5-6,9,14H2. The molecule has 0 radical (unpaired) electrons. The summed E-state index contributed by atoms with van der Waals surface area (Å²) in [5.74, 6) is 0. The number of hydrogen-bond acceptors (Lipinski definition) is 3. The van der Waals surface area contributed by atoms with Gasteiger partial charge in [-0.3, -0.25) is 4.98 Å². The predicted octanol–water partition coefficient (Wildman–Crippen LogP) is 1.67. The molecule has 0 saturated carbocycles. The van der Waals surface area contributed by atoms with Gasteiger partial charge in [0.2, 0.25) is 0 Å². The summed E-state index contributed by atoms with van der Waals surface area (Å²) in [4.78, 5) is 4.10. The van der Waals surface area contributed by atoms with E-state index in [9.17, 15) is 0 Å². The van der Waals surface area contributed by atoms with Crippen molar-refractivity contribution in [2.75, 3.05) is 13.1 Å². The highest BCUT2D eigenvalue weighted by Crippen LogP contribution is 2.14. The first-order chi connectivity index (χ1) is 7.90. The van der Waals surface area contributed by atoms with Crippen LogP contribution in [0, 0.1) is 0 Å². The van der Waals surface area contributed by atoms with Gasteiger partial charge in [-0.1, -0.05) is 12.1 Å². The fraction of sp³-hybridized carbons (Fsp3) is 0.308. The van der Waals surface area contributed by atoms with Crippen molar-refractivity contribution in [1.82, 2.24) is 10.3 Å². The second-order valence-electron chi connectivity index (χ2n) is 3.88. The molecule has 0 unspecified atom stereocenters. The molecule has 0 aliphatic rings. The zero-order valence-electron chi connectivity index (χ0n) is 9.32. The summed E-state index contributed by atoms with van der Waals surface area (Å²) < 4.78 is 0. The molecule has 0 bridgehead atoms. The van der Waals surface area contributed by atoms with Crippen LogP contribution >= 0.6 is 0 Å². The summed E-state index contributed by atoms with van der Waals surface area (Å²) in [6.07, 6.45) is 4.74. The van der Waals surface area contributed by atoms with Crippen molar-refractivity contribution in [1.29, 1.82) is 0 Å². The van der Waals surface area contributed by atoms with Gasteiger partial charge in [-0.2, -0.15) is 0 Å². The average Bonchev–Trinajstić information content (AvgIpc) is 2.34. The molecule has 0 saturated heterocycles. The van der Waals surface area contributed by atoms with E-state index in [0.717, 1.165) is 26.1 Å². The number of benzene rings is 1. The van der Waals surface area contributed by atoms with E-state index >= 15 is 0 Å². The van der Waals surface area contributed by atoms with Gasteiger partial charge >= 0.3 is 0 Å². The van der Waals surface area contributed by atoms with Gasteiger partial charge in [0, 0.05) is 24.3 Å². The van der Waals surface area contributed by atoms with E-state index in [2.05, 4.69) is 28.5 Å². The van der Waals surface area contributed by atoms with Gasteiger partial charge in [0.15, 0.2) is 0 Å². The van der Waals surface area contributed by atoms with Crippen LogP contribution < -0.4 is 11.1 Å². The Bertz CT molecular complexity index is 454. The number of aromatic nitrogens is 1. The zero-order valence-corrected chi connectivity index (χ0v) is 9.32. The van der Waals surface area contributed by atoms with Crippen LogP contribution in [0.15, 0.2) is 36.7 Å². The minimum absolute atomic E-state index is 0.746. The first-order valence-electron chi connectivity index (χ1n) is 5.63. The maximum absolute atomic E-state index is 5.44. The molecule has 0 amide bonds. The highest BCUT2D eigenvalue weighted by molar-refractivity contribution is 5.81. The number of nitrogens with zero attached hydrogens (tertiary/aromatic N) is 1. The van der Waals surface area contributed by atoms with Crippen molar-refractivity contribution in [3.8, 4) is 0 Å². The molecule has 1 heterocycles. The lowest BCUT2D eigenvalue weighted by Crippen LogP contribution is -2.17. The number of fused-ring (bicyclic) bond motifs is 1. The van der Waals surface area contributed by atoms with Crippen LogP contribution in [0.5, 0.6) is 0 Å². The summed E-state index contributed by atoms with van der Waals surface area (Å²) in [5, 5.41) is 5.80. The van der Waals surface area contributed by atoms with Gasteiger partial charge in [-0.25, -0.2) is 0 Å². The van der Waals surface area contributed by atoms with Crippen LogP contribution in [0.25, 0.3) is 10.8 Å². The van der Waals surface area contributed by atoms with E-state index < -0.39 is 0 Å². The maximum atomic E-state index is 5.44. The molecular weight excluding hydrogens is 198 g/mol. The Labute approximate surface area is 95.7 Å². The lowest BCUT2D eigenvalue weighted by atomic mass is 10.1. The van der Waals surface area contributed by atoms with E-state index in [0.29, 0.717) is 0 Å². The Morgan fingerprint density at radius 3 is 3.00 bits per heavy atom. The van der Waals surface area contributed by atoms with Crippen molar-refractivity contribution < 1.29 is 0 Å². The van der Waals surface area contributed by atoms with Gasteiger partial charge in [0.1, 0.15) is 0 Å². The molecule has 0 atom stereocenters. The normalized spacial score (nSPS) is 10.8. The summed E-state index contributed by atoms with van der Waals surface area (Å²) >= 11 is 0. The van der Waals surface area contributed by atoms with Gasteiger partial charge in [-0.15, -0.1) is 0 Å². The van der Waals surface area contributed by atoms with Crippen LogP contribution in [-0.2, 0) is 6.54 Å². The van der Waals surface area contributed by atoms with Gasteiger partial charge in [-0.05, 0) is 42.6 Å². The Balaban J connectivity index is 2.02. The maximum Gasteiger partial charge on any atom is 0.0346 e. The van der Waals surface area contributed by atoms with Crippen molar-refractivity contribution in [2.24, 2.45) is 5.73 Å². The number of nitrogens with two attached hydrogens (primary N) is 1. The molecule has 0 aliphatic carbocycles. The molecule has 0 aliphatic heterocycles. The second-order valence-corrected chi connectivity index (χ2v) is 3.88. The third-order valence-electron chi connectivity index (χ3n) is 2.59.